The number of carboxylic acid groups (broad SMARTS) is 1. The van der Waals surface area contributed by atoms with E-state index in [1.54, 1.807) is 0 Å². The van der Waals surface area contributed by atoms with E-state index in [4.69, 9.17) is 16.7 Å². The predicted octanol–water partition coefficient (Wildman–Crippen LogP) is 1.37. The standard InChI is InChI=1S/C13H11ClF3N3O4/c14-8-3-1-7(2-4-8)11-18-20(6-10(22)23)12(24)19(11)5-9(21)13(15,16)17/h1-4,9,21H,5-6H2,(H,22,23)/t9-/m0/s1. The molecule has 1 heterocycles. The average Bonchev–Trinajstić information content (AvgIpc) is 2.76. The highest BCUT2D eigenvalue weighted by Gasteiger charge is 2.39. The maximum atomic E-state index is 12.6. The van der Waals surface area contributed by atoms with Crippen LogP contribution in [0.25, 0.3) is 11.4 Å². The highest BCUT2D eigenvalue weighted by atomic mass is 35.5. The Morgan fingerprint density at radius 3 is 2.38 bits per heavy atom. The molecule has 0 aliphatic heterocycles. The zero-order chi connectivity index (χ0) is 18.1. The molecule has 130 valence electrons. The van der Waals surface area contributed by atoms with Crippen molar-refractivity contribution in [1.29, 1.82) is 0 Å². The van der Waals surface area contributed by atoms with Gasteiger partial charge in [-0.2, -0.15) is 13.2 Å². The van der Waals surface area contributed by atoms with Gasteiger partial charge in [0.1, 0.15) is 6.54 Å². The van der Waals surface area contributed by atoms with Gasteiger partial charge in [0.15, 0.2) is 11.9 Å². The molecule has 0 fully saturated rings. The van der Waals surface area contributed by atoms with Gasteiger partial charge in [0.05, 0.1) is 6.54 Å². The molecular weight excluding hydrogens is 355 g/mol. The van der Waals surface area contributed by atoms with Gasteiger partial charge in [0.25, 0.3) is 0 Å². The molecule has 2 N–H and O–H groups in total. The van der Waals surface area contributed by atoms with Crippen molar-refractivity contribution in [2.75, 3.05) is 0 Å². The summed E-state index contributed by atoms with van der Waals surface area (Å²) in [5, 5.41) is 22.1. The summed E-state index contributed by atoms with van der Waals surface area (Å²) in [6.07, 6.45) is -7.74. The van der Waals surface area contributed by atoms with Crippen LogP contribution in [0.5, 0.6) is 0 Å². The predicted molar refractivity (Wildman–Crippen MR) is 76.6 cm³/mol. The third kappa shape index (κ3) is 3.95. The number of nitrogens with zero attached hydrogens (tertiary/aromatic N) is 3. The number of aliphatic carboxylic acids is 1. The van der Waals surface area contributed by atoms with Gasteiger partial charge in [0.2, 0.25) is 0 Å². The molecule has 0 unspecified atom stereocenters. The Balaban J connectivity index is 2.53. The zero-order valence-corrected chi connectivity index (χ0v) is 12.6. The van der Waals surface area contributed by atoms with Crippen LogP contribution in [0.15, 0.2) is 29.1 Å². The molecule has 0 spiro atoms. The normalized spacial score (nSPS) is 13.0. The van der Waals surface area contributed by atoms with Gasteiger partial charge in [-0.1, -0.05) is 11.6 Å². The number of aliphatic hydroxyl groups excluding tert-OH is 1. The first-order valence-corrected chi connectivity index (χ1v) is 6.87. The van der Waals surface area contributed by atoms with Crippen LogP contribution in [0, 0.1) is 0 Å². The molecule has 0 saturated carbocycles. The number of hydrogen-bond donors (Lipinski definition) is 2. The van der Waals surface area contributed by atoms with Gasteiger partial charge in [-0.3, -0.25) is 9.36 Å². The van der Waals surface area contributed by atoms with E-state index in [1.165, 1.54) is 24.3 Å². The number of carbonyl (C=O) groups is 1. The Bertz CT molecular complexity index is 798. The lowest BCUT2D eigenvalue weighted by Gasteiger charge is -2.15. The Morgan fingerprint density at radius 2 is 1.88 bits per heavy atom. The van der Waals surface area contributed by atoms with E-state index in [0.717, 1.165) is 0 Å². The van der Waals surface area contributed by atoms with Gasteiger partial charge in [-0.05, 0) is 24.3 Å². The molecule has 0 saturated heterocycles. The number of carboxylic acids is 1. The van der Waals surface area contributed by atoms with Crippen molar-refractivity contribution in [2.45, 2.75) is 25.4 Å². The molecule has 0 amide bonds. The highest BCUT2D eigenvalue weighted by molar-refractivity contribution is 6.30. The third-order valence-electron chi connectivity index (χ3n) is 3.04. The first-order chi connectivity index (χ1) is 11.1. The summed E-state index contributed by atoms with van der Waals surface area (Å²) in [6, 6.07) is 5.68. The van der Waals surface area contributed by atoms with Crippen LogP contribution in [0.1, 0.15) is 0 Å². The lowest BCUT2D eigenvalue weighted by atomic mass is 10.2. The fraction of sp³-hybridized carbons (Fsp3) is 0.308. The van der Waals surface area contributed by atoms with Gasteiger partial charge in [0, 0.05) is 10.6 Å². The topological polar surface area (TPSA) is 97.3 Å². The Morgan fingerprint density at radius 1 is 1.29 bits per heavy atom. The molecule has 0 aliphatic carbocycles. The molecule has 11 heteroatoms. The highest BCUT2D eigenvalue weighted by Crippen LogP contribution is 2.23. The summed E-state index contributed by atoms with van der Waals surface area (Å²) in [5.41, 5.74) is -0.833. The van der Waals surface area contributed by atoms with Crippen molar-refractivity contribution in [1.82, 2.24) is 14.3 Å². The van der Waals surface area contributed by atoms with Crippen molar-refractivity contribution < 1.29 is 28.2 Å². The summed E-state index contributed by atoms with van der Waals surface area (Å²) in [5.74, 6) is -1.60. The summed E-state index contributed by atoms with van der Waals surface area (Å²) in [4.78, 5) is 22.9. The van der Waals surface area contributed by atoms with Crippen LogP contribution < -0.4 is 5.69 Å². The summed E-state index contributed by atoms with van der Waals surface area (Å²) >= 11 is 5.73. The first-order valence-electron chi connectivity index (χ1n) is 6.49. The second-order valence-corrected chi connectivity index (χ2v) is 5.27. The number of benzene rings is 1. The number of aromatic nitrogens is 3. The van der Waals surface area contributed by atoms with E-state index in [9.17, 15) is 27.9 Å². The van der Waals surface area contributed by atoms with Crippen LogP contribution in [0.4, 0.5) is 13.2 Å². The number of alkyl halides is 3. The quantitative estimate of drug-likeness (QED) is 0.834. The molecule has 0 radical (unpaired) electrons. The molecule has 1 atom stereocenters. The van der Waals surface area contributed by atoms with Crippen molar-refractivity contribution in [3.63, 3.8) is 0 Å². The second-order valence-electron chi connectivity index (χ2n) is 4.83. The Hall–Kier alpha value is -2.33. The molecule has 2 rings (SSSR count). The van der Waals surface area contributed by atoms with Crippen LogP contribution in [0.2, 0.25) is 5.02 Å². The summed E-state index contributed by atoms with van der Waals surface area (Å²) in [7, 11) is 0. The minimum atomic E-state index is -4.94. The maximum absolute atomic E-state index is 12.6. The summed E-state index contributed by atoms with van der Waals surface area (Å²) in [6.45, 7) is -1.94. The van der Waals surface area contributed by atoms with Crippen molar-refractivity contribution in [3.05, 3.63) is 39.8 Å². The van der Waals surface area contributed by atoms with Gasteiger partial charge >= 0.3 is 17.8 Å². The lowest BCUT2D eigenvalue weighted by Crippen LogP contribution is -2.37. The van der Waals surface area contributed by atoms with E-state index in [-0.39, 0.29) is 11.4 Å². The maximum Gasteiger partial charge on any atom is 0.416 e. The SMILES string of the molecule is O=C(O)Cn1nc(-c2ccc(Cl)cc2)n(C[C@H](O)C(F)(F)F)c1=O. The summed E-state index contributed by atoms with van der Waals surface area (Å²) < 4.78 is 38.8. The fourth-order valence-electron chi connectivity index (χ4n) is 1.93. The first kappa shape index (κ1) is 18.0. The molecule has 1 aromatic carbocycles. The van der Waals surface area contributed by atoms with Crippen LogP contribution in [-0.2, 0) is 17.9 Å². The smallest absolute Gasteiger partial charge is 0.416 e. The zero-order valence-electron chi connectivity index (χ0n) is 11.9. The van der Waals surface area contributed by atoms with E-state index in [0.29, 0.717) is 14.3 Å². The second kappa shape index (κ2) is 6.65. The molecular formula is C13H11ClF3N3O4. The molecule has 1 aromatic heterocycles. The van der Waals surface area contributed by atoms with Crippen LogP contribution in [-0.4, -0.2) is 42.8 Å². The van der Waals surface area contributed by atoms with Crippen molar-refractivity contribution in [3.8, 4) is 11.4 Å². The Kier molecular flexibility index (Phi) is 4.99. The molecule has 7 nitrogen and oxygen atoms in total. The number of rotatable bonds is 5. The van der Waals surface area contributed by atoms with E-state index < -0.39 is 37.0 Å². The van der Waals surface area contributed by atoms with Gasteiger partial charge in [-0.15, -0.1) is 5.10 Å². The third-order valence-corrected chi connectivity index (χ3v) is 3.30. The van der Waals surface area contributed by atoms with E-state index >= 15 is 0 Å². The van der Waals surface area contributed by atoms with Gasteiger partial charge in [-0.25, -0.2) is 9.48 Å². The van der Waals surface area contributed by atoms with Crippen molar-refractivity contribution >= 4 is 17.6 Å². The van der Waals surface area contributed by atoms with E-state index in [2.05, 4.69) is 5.10 Å². The van der Waals surface area contributed by atoms with E-state index in [1.807, 2.05) is 0 Å². The Labute approximate surface area is 137 Å². The van der Waals surface area contributed by atoms with Gasteiger partial charge < -0.3 is 10.2 Å². The largest absolute Gasteiger partial charge is 0.480 e. The minimum absolute atomic E-state index is 0.207. The lowest BCUT2D eigenvalue weighted by molar-refractivity contribution is -0.207. The molecule has 0 bridgehead atoms. The number of aliphatic hydroxyl groups is 1. The van der Waals surface area contributed by atoms with Crippen LogP contribution in [0.3, 0.4) is 0 Å². The van der Waals surface area contributed by atoms with Crippen molar-refractivity contribution in [2.24, 2.45) is 0 Å². The minimum Gasteiger partial charge on any atom is -0.480 e. The fourth-order valence-corrected chi connectivity index (χ4v) is 2.05. The average molecular weight is 366 g/mol. The molecule has 0 aliphatic rings. The molecule has 24 heavy (non-hydrogen) atoms. The number of halogens is 4. The van der Waals surface area contributed by atoms with Crippen LogP contribution >= 0.6 is 11.6 Å². The number of hydrogen-bond acceptors (Lipinski definition) is 4. The molecule has 2 aromatic rings. The monoisotopic (exact) mass is 365 g/mol.